The topological polar surface area (TPSA) is 50.2 Å². The summed E-state index contributed by atoms with van der Waals surface area (Å²) in [5, 5.41) is 7.37. The molecule has 1 fully saturated rings. The Labute approximate surface area is 127 Å². The highest BCUT2D eigenvalue weighted by molar-refractivity contribution is 5.75. The normalized spacial score (nSPS) is 16.7. The molecule has 1 atom stereocenters. The van der Waals surface area contributed by atoms with E-state index in [4.69, 9.17) is 0 Å². The molecule has 0 aromatic carbocycles. The molecule has 1 saturated carbocycles. The number of carbonyl (C=O) groups excluding carboxylic acids is 1. The van der Waals surface area contributed by atoms with Gasteiger partial charge in [-0.2, -0.15) is 5.10 Å². The fourth-order valence-electron chi connectivity index (χ4n) is 2.77. The zero-order valence-electron chi connectivity index (χ0n) is 13.9. The molecule has 1 aliphatic rings. The number of aromatic nitrogens is 2. The third-order valence-electron chi connectivity index (χ3n) is 4.64. The van der Waals surface area contributed by atoms with Crippen molar-refractivity contribution >= 4 is 6.03 Å². The van der Waals surface area contributed by atoms with Crippen LogP contribution in [0.5, 0.6) is 0 Å². The van der Waals surface area contributed by atoms with Crippen LogP contribution in [0.2, 0.25) is 0 Å². The van der Waals surface area contributed by atoms with E-state index in [0.29, 0.717) is 5.92 Å². The fourth-order valence-corrected chi connectivity index (χ4v) is 2.77. The third-order valence-corrected chi connectivity index (χ3v) is 4.64. The molecule has 0 spiro atoms. The molecule has 1 aromatic rings. The summed E-state index contributed by atoms with van der Waals surface area (Å²) in [5.74, 6) is 0.689. The summed E-state index contributed by atoms with van der Waals surface area (Å²) in [7, 11) is 1.92. The van der Waals surface area contributed by atoms with Crippen LogP contribution in [0, 0.1) is 12.8 Å². The largest absolute Gasteiger partial charge is 0.331 e. The van der Waals surface area contributed by atoms with E-state index in [-0.39, 0.29) is 18.1 Å². The Morgan fingerprint density at radius 3 is 2.57 bits per heavy atom. The molecular weight excluding hydrogens is 264 g/mol. The highest BCUT2D eigenvalue weighted by Crippen LogP contribution is 2.28. The summed E-state index contributed by atoms with van der Waals surface area (Å²) in [6.07, 6.45) is 5.66. The molecular formula is C16H28N4O. The van der Waals surface area contributed by atoms with E-state index in [1.54, 1.807) is 0 Å². The van der Waals surface area contributed by atoms with E-state index in [1.165, 1.54) is 19.3 Å². The standard InChI is InChI=1S/C16H28N4O/c1-11(2)20(10-14-7-6-8-14)16(21)18-12(3)15-9-17-19(5)13(15)4/h9,11-12,14H,6-8,10H2,1-5H3,(H,18,21)/t12-/m0/s1. The van der Waals surface area contributed by atoms with Crippen LogP contribution in [0.4, 0.5) is 4.79 Å². The molecule has 1 aromatic heterocycles. The first-order valence-corrected chi connectivity index (χ1v) is 7.95. The van der Waals surface area contributed by atoms with Crippen molar-refractivity contribution in [3.05, 3.63) is 17.5 Å². The lowest BCUT2D eigenvalue weighted by atomic mass is 9.85. The Morgan fingerprint density at radius 1 is 1.48 bits per heavy atom. The number of rotatable bonds is 5. The molecule has 5 heteroatoms. The third kappa shape index (κ3) is 3.57. The summed E-state index contributed by atoms with van der Waals surface area (Å²) in [6.45, 7) is 9.09. The second-order valence-electron chi connectivity index (χ2n) is 6.52. The van der Waals surface area contributed by atoms with E-state index in [0.717, 1.165) is 17.8 Å². The average molecular weight is 292 g/mol. The molecule has 1 aliphatic carbocycles. The van der Waals surface area contributed by atoms with Gasteiger partial charge in [0.1, 0.15) is 0 Å². The predicted molar refractivity (Wildman–Crippen MR) is 84.1 cm³/mol. The summed E-state index contributed by atoms with van der Waals surface area (Å²) in [5.41, 5.74) is 2.18. The lowest BCUT2D eigenvalue weighted by Crippen LogP contribution is -2.47. The van der Waals surface area contributed by atoms with Crippen LogP contribution in [0.3, 0.4) is 0 Å². The Kier molecular flexibility index (Phi) is 4.91. The number of nitrogens with one attached hydrogen (secondary N) is 1. The molecule has 2 rings (SSSR count). The van der Waals surface area contributed by atoms with Gasteiger partial charge in [0.2, 0.25) is 0 Å². The van der Waals surface area contributed by atoms with Crippen LogP contribution in [0.1, 0.15) is 57.3 Å². The second-order valence-corrected chi connectivity index (χ2v) is 6.52. The van der Waals surface area contributed by atoms with Crippen LogP contribution in [0.15, 0.2) is 6.20 Å². The van der Waals surface area contributed by atoms with Gasteiger partial charge in [0.25, 0.3) is 0 Å². The van der Waals surface area contributed by atoms with Crippen LogP contribution < -0.4 is 5.32 Å². The van der Waals surface area contributed by atoms with Crippen LogP contribution in [-0.2, 0) is 7.05 Å². The first-order valence-electron chi connectivity index (χ1n) is 7.95. The maximum atomic E-state index is 12.5. The maximum Gasteiger partial charge on any atom is 0.318 e. The highest BCUT2D eigenvalue weighted by atomic mass is 16.2. The molecule has 0 radical (unpaired) electrons. The number of hydrogen-bond donors (Lipinski definition) is 1. The summed E-state index contributed by atoms with van der Waals surface area (Å²) < 4.78 is 1.84. The zero-order valence-corrected chi connectivity index (χ0v) is 13.9. The molecule has 0 aliphatic heterocycles. The number of hydrogen-bond acceptors (Lipinski definition) is 2. The van der Waals surface area contributed by atoms with Gasteiger partial charge in [0.05, 0.1) is 12.2 Å². The zero-order chi connectivity index (χ0) is 15.6. The van der Waals surface area contributed by atoms with Crippen LogP contribution >= 0.6 is 0 Å². The van der Waals surface area contributed by atoms with Crippen molar-refractivity contribution in [3.63, 3.8) is 0 Å². The van der Waals surface area contributed by atoms with E-state index < -0.39 is 0 Å². The van der Waals surface area contributed by atoms with E-state index >= 15 is 0 Å². The predicted octanol–water partition coefficient (Wildman–Crippen LogP) is 3.01. The van der Waals surface area contributed by atoms with Gasteiger partial charge in [0.15, 0.2) is 0 Å². The van der Waals surface area contributed by atoms with Crippen molar-refractivity contribution < 1.29 is 4.79 Å². The van der Waals surface area contributed by atoms with Crippen molar-refractivity contribution in [1.29, 1.82) is 0 Å². The van der Waals surface area contributed by atoms with Gasteiger partial charge in [-0.3, -0.25) is 4.68 Å². The summed E-state index contributed by atoms with van der Waals surface area (Å²) in [6, 6.07) is 0.245. The van der Waals surface area contributed by atoms with Crippen molar-refractivity contribution in [2.24, 2.45) is 13.0 Å². The summed E-state index contributed by atoms with van der Waals surface area (Å²) in [4.78, 5) is 14.5. The number of urea groups is 1. The smallest absolute Gasteiger partial charge is 0.318 e. The minimum atomic E-state index is -0.0196. The molecule has 1 heterocycles. The second kappa shape index (κ2) is 6.50. The lowest BCUT2D eigenvalue weighted by Gasteiger charge is -2.35. The fraction of sp³-hybridized carbons (Fsp3) is 0.750. The van der Waals surface area contributed by atoms with Gasteiger partial charge in [-0.1, -0.05) is 6.42 Å². The molecule has 5 nitrogen and oxygen atoms in total. The molecule has 0 bridgehead atoms. The molecule has 21 heavy (non-hydrogen) atoms. The van der Waals surface area contributed by atoms with Gasteiger partial charge in [-0.05, 0) is 46.5 Å². The van der Waals surface area contributed by atoms with Crippen LogP contribution in [-0.4, -0.2) is 33.3 Å². The van der Waals surface area contributed by atoms with E-state index in [2.05, 4.69) is 24.3 Å². The highest BCUT2D eigenvalue weighted by Gasteiger charge is 2.26. The van der Waals surface area contributed by atoms with Gasteiger partial charge in [-0.25, -0.2) is 4.79 Å². The minimum absolute atomic E-state index is 0.0196. The Morgan fingerprint density at radius 2 is 2.14 bits per heavy atom. The quantitative estimate of drug-likeness (QED) is 0.907. The van der Waals surface area contributed by atoms with Gasteiger partial charge >= 0.3 is 6.03 Å². The van der Waals surface area contributed by atoms with Gasteiger partial charge < -0.3 is 10.2 Å². The lowest BCUT2D eigenvalue weighted by molar-refractivity contribution is 0.148. The average Bonchev–Trinajstić information content (AvgIpc) is 2.67. The number of carbonyl (C=O) groups is 1. The summed E-state index contributed by atoms with van der Waals surface area (Å²) >= 11 is 0. The van der Waals surface area contributed by atoms with Crippen molar-refractivity contribution in [2.45, 2.75) is 59.0 Å². The SMILES string of the molecule is Cc1c([C@H](C)NC(=O)N(CC2CCC2)C(C)C)cnn1C. The molecule has 0 unspecified atom stereocenters. The monoisotopic (exact) mass is 292 g/mol. The number of aryl methyl sites for hydroxylation is 1. The maximum absolute atomic E-state index is 12.5. The number of nitrogens with zero attached hydrogens (tertiary/aromatic N) is 3. The molecule has 2 amide bonds. The molecule has 1 N–H and O–H groups in total. The Balaban J connectivity index is 1.98. The Bertz CT molecular complexity index is 490. The first kappa shape index (κ1) is 15.9. The van der Waals surface area contributed by atoms with Gasteiger partial charge in [-0.15, -0.1) is 0 Å². The first-order chi connectivity index (χ1) is 9.90. The minimum Gasteiger partial charge on any atom is -0.331 e. The molecule has 118 valence electrons. The van der Waals surface area contributed by atoms with Crippen molar-refractivity contribution in [2.75, 3.05) is 6.54 Å². The van der Waals surface area contributed by atoms with Gasteiger partial charge in [0, 0.05) is 30.9 Å². The number of amides is 2. The van der Waals surface area contributed by atoms with Crippen LogP contribution in [0.25, 0.3) is 0 Å². The van der Waals surface area contributed by atoms with Crippen molar-refractivity contribution in [3.8, 4) is 0 Å². The molecule has 0 saturated heterocycles. The van der Waals surface area contributed by atoms with Crippen molar-refractivity contribution in [1.82, 2.24) is 20.0 Å². The van der Waals surface area contributed by atoms with E-state index in [1.807, 2.05) is 36.7 Å². The Hall–Kier alpha value is -1.52. The van der Waals surface area contributed by atoms with E-state index in [9.17, 15) is 4.79 Å².